The second-order valence-electron chi connectivity index (χ2n) is 4.18. The minimum Gasteiger partial charge on any atom is -0.370 e. The predicted octanol–water partition coefficient (Wildman–Crippen LogP) is 1.94. The van der Waals surface area contributed by atoms with Crippen molar-refractivity contribution in [2.24, 2.45) is 0 Å². The quantitative estimate of drug-likeness (QED) is 0.789. The highest BCUT2D eigenvalue weighted by molar-refractivity contribution is 5.42. The Balaban J connectivity index is 1.75. The van der Waals surface area contributed by atoms with Gasteiger partial charge in [0.05, 0.1) is 0 Å². The van der Waals surface area contributed by atoms with E-state index in [1.807, 2.05) is 12.3 Å². The van der Waals surface area contributed by atoms with Gasteiger partial charge in [-0.15, -0.1) is 0 Å². The molecule has 0 aromatic carbocycles. The molecule has 1 aromatic rings. The van der Waals surface area contributed by atoms with E-state index < -0.39 is 0 Å². The number of nitrogens with zero attached hydrogens (tertiary/aromatic N) is 1. The molecule has 1 aromatic heterocycles. The molecule has 2 N–H and O–H groups in total. The average molecular weight is 205 g/mol. The Bertz CT molecular complexity index is 305. The normalized spacial score (nSPS) is 20.5. The van der Waals surface area contributed by atoms with Gasteiger partial charge in [-0.3, -0.25) is 0 Å². The molecule has 1 unspecified atom stereocenters. The summed E-state index contributed by atoms with van der Waals surface area (Å²) in [6, 6.07) is 4.77. The van der Waals surface area contributed by atoms with E-state index in [1.54, 1.807) is 0 Å². The smallest absolute Gasteiger partial charge is 0.128 e. The highest BCUT2D eigenvalue weighted by Gasteiger charge is 2.12. The van der Waals surface area contributed by atoms with Gasteiger partial charge in [0, 0.05) is 18.8 Å². The summed E-state index contributed by atoms with van der Waals surface area (Å²) in [5.41, 5.74) is 1.22. The van der Waals surface area contributed by atoms with Crippen molar-refractivity contribution < 1.29 is 0 Å². The van der Waals surface area contributed by atoms with E-state index in [9.17, 15) is 0 Å². The van der Waals surface area contributed by atoms with Gasteiger partial charge in [-0.25, -0.2) is 4.98 Å². The molecule has 1 saturated heterocycles. The molecular formula is C12H19N3. The van der Waals surface area contributed by atoms with E-state index in [0.29, 0.717) is 6.04 Å². The fourth-order valence-corrected chi connectivity index (χ4v) is 2.04. The molecule has 3 nitrogen and oxygen atoms in total. The summed E-state index contributed by atoms with van der Waals surface area (Å²) in [6.07, 6.45) is 5.68. The third-order valence-electron chi connectivity index (χ3n) is 2.96. The molecule has 15 heavy (non-hydrogen) atoms. The van der Waals surface area contributed by atoms with Gasteiger partial charge in [0.1, 0.15) is 5.82 Å². The van der Waals surface area contributed by atoms with Crippen LogP contribution >= 0.6 is 0 Å². The molecule has 1 fully saturated rings. The van der Waals surface area contributed by atoms with Gasteiger partial charge in [-0.2, -0.15) is 0 Å². The molecule has 0 radical (unpaired) electrons. The van der Waals surface area contributed by atoms with Crippen LogP contribution in [0.1, 0.15) is 24.8 Å². The minimum atomic E-state index is 0.710. The fraction of sp³-hybridized carbons (Fsp3) is 0.583. The highest BCUT2D eigenvalue weighted by atomic mass is 15.0. The monoisotopic (exact) mass is 205 g/mol. The van der Waals surface area contributed by atoms with E-state index in [2.05, 4.69) is 28.6 Å². The number of aryl methyl sites for hydroxylation is 1. The van der Waals surface area contributed by atoms with Crippen LogP contribution in [0.3, 0.4) is 0 Å². The number of hydrogen-bond acceptors (Lipinski definition) is 3. The summed E-state index contributed by atoms with van der Waals surface area (Å²) < 4.78 is 0. The molecule has 1 atom stereocenters. The van der Waals surface area contributed by atoms with Gasteiger partial charge in [0.25, 0.3) is 0 Å². The van der Waals surface area contributed by atoms with Crippen molar-refractivity contribution in [3.05, 3.63) is 23.9 Å². The van der Waals surface area contributed by atoms with Crippen LogP contribution in [0.5, 0.6) is 0 Å². The van der Waals surface area contributed by atoms with Crippen molar-refractivity contribution in [2.75, 3.05) is 18.4 Å². The van der Waals surface area contributed by atoms with E-state index in [1.165, 1.54) is 31.4 Å². The molecule has 0 spiro atoms. The molecule has 0 saturated carbocycles. The van der Waals surface area contributed by atoms with Crippen molar-refractivity contribution in [1.82, 2.24) is 10.3 Å². The van der Waals surface area contributed by atoms with E-state index in [-0.39, 0.29) is 0 Å². The lowest BCUT2D eigenvalue weighted by Crippen LogP contribution is -2.24. The van der Waals surface area contributed by atoms with Crippen molar-refractivity contribution in [3.63, 3.8) is 0 Å². The lowest BCUT2D eigenvalue weighted by Gasteiger charge is -2.12. The molecular weight excluding hydrogens is 186 g/mol. The lowest BCUT2D eigenvalue weighted by atomic mass is 10.1. The van der Waals surface area contributed by atoms with Crippen LogP contribution in [-0.2, 0) is 0 Å². The summed E-state index contributed by atoms with van der Waals surface area (Å²) in [5.74, 6) is 1.02. The maximum absolute atomic E-state index is 4.31. The molecule has 82 valence electrons. The topological polar surface area (TPSA) is 37.0 Å². The minimum absolute atomic E-state index is 0.710. The average Bonchev–Trinajstić information content (AvgIpc) is 2.74. The van der Waals surface area contributed by atoms with E-state index >= 15 is 0 Å². The SMILES string of the molecule is Cc1cccnc1NCCC1CCCN1. The van der Waals surface area contributed by atoms with Gasteiger partial charge in [-0.05, 0) is 44.4 Å². The van der Waals surface area contributed by atoms with Crippen LogP contribution in [0.25, 0.3) is 0 Å². The van der Waals surface area contributed by atoms with Gasteiger partial charge in [0.2, 0.25) is 0 Å². The van der Waals surface area contributed by atoms with Gasteiger partial charge >= 0.3 is 0 Å². The number of aromatic nitrogens is 1. The van der Waals surface area contributed by atoms with Crippen molar-refractivity contribution in [2.45, 2.75) is 32.2 Å². The zero-order valence-corrected chi connectivity index (χ0v) is 9.29. The maximum atomic E-state index is 4.31. The lowest BCUT2D eigenvalue weighted by molar-refractivity contribution is 0.574. The number of rotatable bonds is 4. The molecule has 0 bridgehead atoms. The van der Waals surface area contributed by atoms with E-state index in [0.717, 1.165) is 12.4 Å². The van der Waals surface area contributed by atoms with Crippen LogP contribution in [0.15, 0.2) is 18.3 Å². The summed E-state index contributed by atoms with van der Waals surface area (Å²) >= 11 is 0. The molecule has 1 aliphatic heterocycles. The Hall–Kier alpha value is -1.09. The van der Waals surface area contributed by atoms with E-state index in [4.69, 9.17) is 0 Å². The third kappa shape index (κ3) is 2.93. The Kier molecular flexibility index (Phi) is 3.56. The van der Waals surface area contributed by atoms with Gasteiger partial charge < -0.3 is 10.6 Å². The summed E-state index contributed by atoms with van der Waals surface area (Å²) in [7, 11) is 0. The Morgan fingerprint density at radius 2 is 2.53 bits per heavy atom. The predicted molar refractivity (Wildman–Crippen MR) is 63.1 cm³/mol. The second kappa shape index (κ2) is 5.12. The molecule has 1 aliphatic rings. The first-order valence-corrected chi connectivity index (χ1v) is 5.75. The third-order valence-corrected chi connectivity index (χ3v) is 2.96. The number of nitrogens with one attached hydrogen (secondary N) is 2. The molecule has 3 heteroatoms. The van der Waals surface area contributed by atoms with Crippen molar-refractivity contribution >= 4 is 5.82 Å². The molecule has 2 heterocycles. The first kappa shape index (κ1) is 10.4. The van der Waals surface area contributed by atoms with Crippen LogP contribution in [-0.4, -0.2) is 24.1 Å². The fourth-order valence-electron chi connectivity index (χ4n) is 2.04. The summed E-state index contributed by atoms with van der Waals surface area (Å²) in [6.45, 7) is 4.28. The standard InChI is InChI=1S/C12H19N3/c1-10-4-2-8-14-12(10)15-9-6-11-5-3-7-13-11/h2,4,8,11,13H,3,5-7,9H2,1H3,(H,14,15). The van der Waals surface area contributed by atoms with Gasteiger partial charge in [-0.1, -0.05) is 6.07 Å². The zero-order chi connectivity index (χ0) is 10.5. The van der Waals surface area contributed by atoms with Crippen LogP contribution in [0.2, 0.25) is 0 Å². The second-order valence-corrected chi connectivity index (χ2v) is 4.18. The molecule has 0 aliphatic carbocycles. The largest absolute Gasteiger partial charge is 0.370 e. The number of pyridine rings is 1. The van der Waals surface area contributed by atoms with Crippen LogP contribution in [0.4, 0.5) is 5.82 Å². The first-order valence-electron chi connectivity index (χ1n) is 5.75. The van der Waals surface area contributed by atoms with Crippen LogP contribution < -0.4 is 10.6 Å². The van der Waals surface area contributed by atoms with Crippen molar-refractivity contribution in [3.8, 4) is 0 Å². The maximum Gasteiger partial charge on any atom is 0.128 e. The first-order chi connectivity index (χ1) is 7.36. The van der Waals surface area contributed by atoms with Crippen molar-refractivity contribution in [1.29, 1.82) is 0 Å². The summed E-state index contributed by atoms with van der Waals surface area (Å²) in [4.78, 5) is 4.31. The number of anilines is 1. The van der Waals surface area contributed by atoms with Gasteiger partial charge in [0.15, 0.2) is 0 Å². The number of hydrogen-bond donors (Lipinski definition) is 2. The molecule has 0 amide bonds. The Morgan fingerprint density at radius 3 is 3.27 bits per heavy atom. The Labute approximate surface area is 91.3 Å². The zero-order valence-electron chi connectivity index (χ0n) is 9.29. The Morgan fingerprint density at radius 1 is 1.60 bits per heavy atom. The van der Waals surface area contributed by atoms with Crippen LogP contribution in [0, 0.1) is 6.92 Å². The highest BCUT2D eigenvalue weighted by Crippen LogP contribution is 2.11. The molecule has 2 rings (SSSR count). The summed E-state index contributed by atoms with van der Waals surface area (Å²) in [5, 5.41) is 6.89.